The summed E-state index contributed by atoms with van der Waals surface area (Å²) in [5.41, 5.74) is 3.14. The van der Waals surface area contributed by atoms with Gasteiger partial charge < -0.3 is 20.5 Å². The zero-order valence-electron chi connectivity index (χ0n) is 22.0. The molecule has 1 aliphatic rings. The molecule has 4 heterocycles. The summed E-state index contributed by atoms with van der Waals surface area (Å²) in [5, 5.41) is 16.2. The molecule has 0 saturated carbocycles. The third-order valence-electron chi connectivity index (χ3n) is 6.51. The molecule has 0 amide bonds. The monoisotopic (exact) mass is 519 g/mol. The highest BCUT2D eigenvalue weighted by Crippen LogP contribution is 2.20. The summed E-state index contributed by atoms with van der Waals surface area (Å²) in [6.07, 6.45) is 10.5. The highest BCUT2D eigenvalue weighted by molar-refractivity contribution is 5.76. The van der Waals surface area contributed by atoms with Gasteiger partial charge in [0.1, 0.15) is 24.3 Å². The van der Waals surface area contributed by atoms with E-state index in [0.29, 0.717) is 37.8 Å². The van der Waals surface area contributed by atoms with Gasteiger partial charge in [-0.3, -0.25) is 9.88 Å². The van der Waals surface area contributed by atoms with Gasteiger partial charge in [-0.15, -0.1) is 0 Å². The molecule has 0 saturated heterocycles. The van der Waals surface area contributed by atoms with Crippen LogP contribution in [-0.2, 0) is 17.6 Å². The summed E-state index contributed by atoms with van der Waals surface area (Å²) in [6.45, 7) is 5.41. The molecule has 3 aromatic rings. The lowest BCUT2D eigenvalue weighted by Crippen LogP contribution is -2.37. The van der Waals surface area contributed by atoms with Gasteiger partial charge in [-0.05, 0) is 69.7 Å². The van der Waals surface area contributed by atoms with E-state index >= 15 is 0 Å². The van der Waals surface area contributed by atoms with E-state index in [-0.39, 0.29) is 0 Å². The molecular formula is C28H37N7O3. The molecule has 4 rings (SSSR count). The highest BCUT2D eigenvalue weighted by atomic mass is 16.5. The first-order chi connectivity index (χ1) is 18.6. The van der Waals surface area contributed by atoms with Crippen LogP contribution in [0.15, 0.2) is 48.9 Å². The van der Waals surface area contributed by atoms with Crippen molar-refractivity contribution in [1.82, 2.24) is 24.8 Å². The van der Waals surface area contributed by atoms with Gasteiger partial charge in [0.15, 0.2) is 0 Å². The number of carboxylic acids is 1. The lowest BCUT2D eigenvalue weighted by molar-refractivity contribution is -0.138. The summed E-state index contributed by atoms with van der Waals surface area (Å²) >= 11 is 0. The van der Waals surface area contributed by atoms with Crippen LogP contribution in [-0.4, -0.2) is 74.7 Å². The fourth-order valence-corrected chi connectivity index (χ4v) is 4.48. The van der Waals surface area contributed by atoms with E-state index in [1.165, 1.54) is 5.56 Å². The third kappa shape index (κ3) is 8.65. The maximum atomic E-state index is 11.9. The number of hydrogen-bond acceptors (Lipinski definition) is 9. The summed E-state index contributed by atoms with van der Waals surface area (Å²) < 4.78 is 5.81. The Labute approximate surface area is 223 Å². The molecule has 0 unspecified atom stereocenters. The Hall–Kier alpha value is -3.79. The quantitative estimate of drug-likeness (QED) is 0.257. The number of rotatable bonds is 15. The summed E-state index contributed by atoms with van der Waals surface area (Å²) in [5.74, 6) is 1.18. The summed E-state index contributed by atoms with van der Waals surface area (Å²) in [6, 6.07) is 9.14. The second-order valence-electron chi connectivity index (χ2n) is 9.53. The third-order valence-corrected chi connectivity index (χ3v) is 6.51. The Morgan fingerprint density at radius 3 is 2.89 bits per heavy atom. The zero-order valence-corrected chi connectivity index (χ0v) is 22.0. The van der Waals surface area contributed by atoms with Crippen molar-refractivity contribution in [3.63, 3.8) is 0 Å². The standard InChI is InChI=1S/C28H37N7O3/c1-21-19-29-20-25(32-21)34-24(28(36)37)12-16-35(17-18-38-26-9-2-4-13-30-26)15-5-3-8-23-11-10-22-7-6-14-31-27(22)33-23/h2,4,9-11,13,19-20,24H,3,5-8,12,14-18H2,1H3,(H,31,33)(H,32,34)(H,36,37)/t24-/m0/s1. The van der Waals surface area contributed by atoms with E-state index in [2.05, 4.69) is 42.6 Å². The second-order valence-corrected chi connectivity index (χ2v) is 9.53. The van der Waals surface area contributed by atoms with E-state index in [0.717, 1.165) is 62.4 Å². The molecule has 3 N–H and O–H groups in total. The van der Waals surface area contributed by atoms with Crippen molar-refractivity contribution in [1.29, 1.82) is 0 Å². The number of aromatic nitrogens is 4. The minimum atomic E-state index is -0.912. The number of carbonyl (C=O) groups is 1. The predicted molar refractivity (Wildman–Crippen MR) is 147 cm³/mol. The second kappa shape index (κ2) is 14.2. The minimum absolute atomic E-state index is 0.423. The van der Waals surface area contributed by atoms with Crippen LogP contribution < -0.4 is 15.4 Å². The molecular weight excluding hydrogens is 482 g/mol. The van der Waals surface area contributed by atoms with E-state index in [4.69, 9.17) is 9.72 Å². The van der Waals surface area contributed by atoms with Crippen LogP contribution in [0.2, 0.25) is 0 Å². The zero-order chi connectivity index (χ0) is 26.6. The van der Waals surface area contributed by atoms with Crippen LogP contribution in [0.5, 0.6) is 5.88 Å². The van der Waals surface area contributed by atoms with Crippen LogP contribution in [0.25, 0.3) is 0 Å². The lowest BCUT2D eigenvalue weighted by Gasteiger charge is -2.24. The van der Waals surface area contributed by atoms with Crippen molar-refractivity contribution in [2.75, 3.05) is 43.4 Å². The van der Waals surface area contributed by atoms with Crippen molar-refractivity contribution in [3.8, 4) is 5.88 Å². The Kier molecular flexibility index (Phi) is 10.2. The molecule has 0 aliphatic carbocycles. The number of ether oxygens (including phenoxy) is 1. The van der Waals surface area contributed by atoms with Gasteiger partial charge in [0.25, 0.3) is 0 Å². The fraction of sp³-hybridized carbons (Fsp3) is 0.464. The maximum absolute atomic E-state index is 11.9. The molecule has 1 atom stereocenters. The normalized spacial score (nSPS) is 13.4. The van der Waals surface area contributed by atoms with Crippen LogP contribution in [0.3, 0.4) is 0 Å². The number of nitrogens with zero attached hydrogens (tertiary/aromatic N) is 5. The van der Waals surface area contributed by atoms with Gasteiger partial charge in [-0.1, -0.05) is 12.1 Å². The average Bonchev–Trinajstić information content (AvgIpc) is 2.93. The SMILES string of the molecule is Cc1cncc(N[C@@H](CCN(CCCCc2ccc3c(n2)NCCC3)CCOc2ccccn2)C(=O)O)n1. The smallest absolute Gasteiger partial charge is 0.326 e. The Morgan fingerprint density at radius 2 is 2.08 bits per heavy atom. The number of hydrogen-bond donors (Lipinski definition) is 3. The van der Waals surface area contributed by atoms with Gasteiger partial charge in [-0.2, -0.15) is 0 Å². The molecule has 38 heavy (non-hydrogen) atoms. The number of aryl methyl sites for hydroxylation is 3. The highest BCUT2D eigenvalue weighted by Gasteiger charge is 2.20. The predicted octanol–water partition coefficient (Wildman–Crippen LogP) is 3.59. The van der Waals surface area contributed by atoms with Crippen molar-refractivity contribution >= 4 is 17.6 Å². The Morgan fingerprint density at radius 1 is 1.16 bits per heavy atom. The molecule has 0 spiro atoms. The molecule has 10 nitrogen and oxygen atoms in total. The average molecular weight is 520 g/mol. The van der Waals surface area contributed by atoms with Gasteiger partial charge >= 0.3 is 5.97 Å². The largest absolute Gasteiger partial charge is 0.480 e. The fourth-order valence-electron chi connectivity index (χ4n) is 4.48. The van der Waals surface area contributed by atoms with Gasteiger partial charge in [-0.25, -0.2) is 19.7 Å². The topological polar surface area (TPSA) is 125 Å². The van der Waals surface area contributed by atoms with Gasteiger partial charge in [0.05, 0.1) is 11.9 Å². The summed E-state index contributed by atoms with van der Waals surface area (Å²) in [4.78, 5) is 31.6. The van der Waals surface area contributed by atoms with Crippen molar-refractivity contribution in [2.45, 2.75) is 51.5 Å². The minimum Gasteiger partial charge on any atom is -0.480 e. The van der Waals surface area contributed by atoms with E-state index in [9.17, 15) is 9.90 Å². The molecule has 202 valence electrons. The van der Waals surface area contributed by atoms with Crippen molar-refractivity contribution in [3.05, 3.63) is 65.9 Å². The van der Waals surface area contributed by atoms with Crippen LogP contribution in [0.4, 0.5) is 11.6 Å². The van der Waals surface area contributed by atoms with Crippen molar-refractivity contribution in [2.24, 2.45) is 0 Å². The number of carboxylic acid groups (broad SMARTS) is 1. The number of nitrogens with one attached hydrogen (secondary N) is 2. The molecule has 0 fully saturated rings. The molecule has 0 aromatic carbocycles. The number of pyridine rings is 2. The lowest BCUT2D eigenvalue weighted by atomic mass is 10.1. The Balaban J connectivity index is 1.29. The van der Waals surface area contributed by atoms with Crippen LogP contribution in [0.1, 0.15) is 42.6 Å². The first-order valence-electron chi connectivity index (χ1n) is 13.3. The number of aliphatic carboxylic acids is 1. The number of anilines is 2. The molecule has 1 aliphatic heterocycles. The molecule has 0 bridgehead atoms. The van der Waals surface area contributed by atoms with Crippen LogP contribution in [0, 0.1) is 6.92 Å². The van der Waals surface area contributed by atoms with Crippen LogP contribution >= 0.6 is 0 Å². The Bertz CT molecular complexity index is 1160. The van der Waals surface area contributed by atoms with Gasteiger partial charge in [0.2, 0.25) is 5.88 Å². The molecule has 3 aromatic heterocycles. The maximum Gasteiger partial charge on any atom is 0.326 e. The summed E-state index contributed by atoms with van der Waals surface area (Å²) in [7, 11) is 0. The molecule has 10 heteroatoms. The first kappa shape index (κ1) is 27.3. The van der Waals surface area contributed by atoms with Crippen molar-refractivity contribution < 1.29 is 14.6 Å². The number of fused-ring (bicyclic) bond motifs is 1. The van der Waals surface area contributed by atoms with Gasteiger partial charge in [0, 0.05) is 43.8 Å². The van der Waals surface area contributed by atoms with E-state index in [1.807, 2.05) is 25.1 Å². The van der Waals surface area contributed by atoms with E-state index < -0.39 is 12.0 Å². The first-order valence-corrected chi connectivity index (χ1v) is 13.3. The van der Waals surface area contributed by atoms with E-state index in [1.54, 1.807) is 18.6 Å². The number of unbranched alkanes of at least 4 members (excludes halogenated alkanes) is 1. The molecule has 0 radical (unpaired) electrons.